The Morgan fingerprint density at radius 1 is 0.765 bits per heavy atom. The fraction of sp³-hybridized carbons (Fsp3) is 0.375. The van der Waals surface area contributed by atoms with Crippen LogP contribution in [0.3, 0.4) is 0 Å². The van der Waals surface area contributed by atoms with E-state index in [2.05, 4.69) is 0 Å². The minimum absolute atomic E-state index is 0.529. The molecule has 0 aliphatic carbocycles. The van der Waals surface area contributed by atoms with Gasteiger partial charge in [-0.25, -0.2) is 0 Å². The molecule has 0 saturated heterocycles. The van der Waals surface area contributed by atoms with Crippen molar-refractivity contribution in [3.63, 3.8) is 0 Å². The standard InChI is InChI=1S/C9H13BO2.C9H11.3C2H4O2.Pb/c1-3-8-6-7(2)4-5-9(8)10(11)12;1-3-9-6-4-5-8(2)7-9;3*1-2(3)4;/h4-6,11-12H,3H2,1-2H3;4-5,7H,3H2,1-2H3;3*1H3,(H,3,4);/q;;;;;+3/p-3. The second-order valence-electron chi connectivity index (χ2n) is 7.78. The van der Waals surface area contributed by atoms with Crippen LogP contribution in [0.1, 0.15) is 56.9 Å². The molecule has 184 valence electrons. The predicted molar refractivity (Wildman–Crippen MR) is 132 cm³/mol. The van der Waals surface area contributed by atoms with Crippen LogP contribution >= 0.6 is 0 Å². The summed E-state index contributed by atoms with van der Waals surface area (Å²) in [5.74, 6) is -1.94. The largest absolute Gasteiger partial charge is 0.488 e. The van der Waals surface area contributed by atoms with Crippen molar-refractivity contribution in [3.8, 4) is 0 Å². The maximum atomic E-state index is 11.5. The van der Waals surface area contributed by atoms with E-state index in [1.807, 2.05) is 45.9 Å². The molecule has 0 unspecified atom stereocenters. The molecule has 0 radical (unpaired) electrons. The molecule has 2 rings (SSSR count). The van der Waals surface area contributed by atoms with Crippen LogP contribution in [0, 0.1) is 13.8 Å². The summed E-state index contributed by atoms with van der Waals surface area (Å²) in [6, 6.07) is 11.0. The molecular weight excluding hydrogens is 634 g/mol. The van der Waals surface area contributed by atoms with Crippen LogP contribution in [0.5, 0.6) is 0 Å². The van der Waals surface area contributed by atoms with Crippen LogP contribution in [0.15, 0.2) is 36.4 Å². The Morgan fingerprint density at radius 3 is 1.56 bits per heavy atom. The van der Waals surface area contributed by atoms with Gasteiger partial charge in [0.05, 0.1) is 0 Å². The SMILES string of the molecule is CCc1cc(C)cc[c]1[Pb]([O]C(C)=O)([O]C(C)=O)[O]C(C)=O.CCc1cc(C)ccc1B(O)O. The van der Waals surface area contributed by atoms with E-state index in [0.717, 1.165) is 28.7 Å². The molecule has 10 heteroatoms. The average molecular weight is 668 g/mol. The van der Waals surface area contributed by atoms with Gasteiger partial charge in [0.25, 0.3) is 0 Å². The van der Waals surface area contributed by atoms with Crippen LogP contribution in [0.2, 0.25) is 0 Å². The van der Waals surface area contributed by atoms with E-state index in [9.17, 15) is 14.4 Å². The molecule has 0 aliphatic heterocycles. The first-order chi connectivity index (χ1) is 15.8. The molecule has 0 fully saturated rings. The summed E-state index contributed by atoms with van der Waals surface area (Å²) in [6.07, 6.45) is 1.46. The Hall–Kier alpha value is -2.24. The van der Waals surface area contributed by atoms with Crippen molar-refractivity contribution in [1.82, 2.24) is 0 Å². The molecule has 0 amide bonds. The van der Waals surface area contributed by atoms with Gasteiger partial charge in [0.15, 0.2) is 0 Å². The summed E-state index contributed by atoms with van der Waals surface area (Å²) in [7, 11) is -1.35. The predicted octanol–water partition coefficient (Wildman–Crippen LogP) is 1.63. The third-order valence-corrected chi connectivity index (χ3v) is 15.7. The van der Waals surface area contributed by atoms with E-state index in [1.165, 1.54) is 20.8 Å². The van der Waals surface area contributed by atoms with Crippen LogP contribution in [0.25, 0.3) is 0 Å². The van der Waals surface area contributed by atoms with Crippen molar-refractivity contribution in [3.05, 3.63) is 58.7 Å². The van der Waals surface area contributed by atoms with E-state index >= 15 is 0 Å². The Morgan fingerprint density at radius 2 is 1.18 bits per heavy atom. The second kappa shape index (κ2) is 13.6. The number of carbonyl (C=O) groups is 3. The van der Waals surface area contributed by atoms with E-state index in [0.29, 0.717) is 15.0 Å². The molecule has 0 heterocycles. The summed E-state index contributed by atoms with van der Waals surface area (Å²) >= 11 is -5.07. The summed E-state index contributed by atoms with van der Waals surface area (Å²) in [5, 5.41) is 18.0. The van der Waals surface area contributed by atoms with E-state index in [-0.39, 0.29) is 0 Å². The van der Waals surface area contributed by atoms with Gasteiger partial charge in [-0.3, -0.25) is 0 Å². The molecule has 2 N–H and O–H groups in total. The van der Waals surface area contributed by atoms with Crippen molar-refractivity contribution >= 4 is 56.1 Å². The van der Waals surface area contributed by atoms with Crippen LogP contribution in [0.4, 0.5) is 0 Å². The van der Waals surface area contributed by atoms with Crippen LogP contribution in [-0.4, -0.2) is 57.6 Å². The minimum atomic E-state index is -5.07. The number of benzene rings is 2. The Bertz CT molecular complexity index is 981. The fourth-order valence-electron chi connectivity index (χ4n) is 3.40. The zero-order chi connectivity index (χ0) is 26.1. The van der Waals surface area contributed by atoms with E-state index < -0.39 is 47.6 Å². The van der Waals surface area contributed by atoms with Crippen molar-refractivity contribution in [2.24, 2.45) is 0 Å². The molecule has 0 atom stereocenters. The van der Waals surface area contributed by atoms with Gasteiger partial charge in [-0.15, -0.1) is 0 Å². The van der Waals surface area contributed by atoms with Crippen molar-refractivity contribution in [2.45, 2.75) is 61.3 Å². The Balaban J connectivity index is 0.000000404. The van der Waals surface area contributed by atoms with Gasteiger partial charge >= 0.3 is 143 Å². The second-order valence-corrected chi connectivity index (χ2v) is 16.6. The number of rotatable bonds is 7. The van der Waals surface area contributed by atoms with Gasteiger partial charge in [-0.05, 0) is 24.4 Å². The fourth-order valence-corrected chi connectivity index (χ4v) is 13.2. The minimum Gasteiger partial charge on any atom is -0.423 e. The average Bonchev–Trinajstić information content (AvgIpc) is 2.71. The summed E-state index contributed by atoms with van der Waals surface area (Å²) < 4.78 is 16.5. The van der Waals surface area contributed by atoms with Crippen molar-refractivity contribution in [1.29, 1.82) is 0 Å². The monoisotopic (exact) mass is 668 g/mol. The molecule has 2 aromatic carbocycles. The zero-order valence-corrected chi connectivity index (χ0v) is 24.7. The molecule has 0 saturated carbocycles. The smallest absolute Gasteiger partial charge is 0.423 e. The van der Waals surface area contributed by atoms with E-state index in [4.69, 9.17) is 18.1 Å². The van der Waals surface area contributed by atoms with Gasteiger partial charge in [-0.2, -0.15) is 0 Å². The first kappa shape index (κ1) is 29.8. The molecule has 0 aliphatic rings. The third-order valence-electron chi connectivity index (χ3n) is 4.76. The molecule has 0 aromatic heterocycles. The number of aryl methyl sites for hydroxylation is 4. The maximum Gasteiger partial charge on any atom is 0.488 e. The number of hydrogen-bond donors (Lipinski definition) is 2. The third kappa shape index (κ3) is 8.84. The maximum absolute atomic E-state index is 11.5. The Labute approximate surface area is 208 Å². The summed E-state index contributed by atoms with van der Waals surface area (Å²) in [6.45, 7) is 11.4. The van der Waals surface area contributed by atoms with Gasteiger partial charge in [0.2, 0.25) is 0 Å². The molecule has 0 bridgehead atoms. The number of hydrogen-bond acceptors (Lipinski definition) is 8. The topological polar surface area (TPSA) is 119 Å². The number of carbonyl (C=O) groups excluding carboxylic acids is 3. The summed E-state index contributed by atoms with van der Waals surface area (Å²) in [5.41, 5.74) is 4.62. The van der Waals surface area contributed by atoms with Gasteiger partial charge in [0, 0.05) is 0 Å². The Kier molecular flexibility index (Phi) is 11.9. The van der Waals surface area contributed by atoms with Gasteiger partial charge in [0.1, 0.15) is 0 Å². The quantitative estimate of drug-likeness (QED) is 0.428. The molecule has 0 spiro atoms. The molecule has 34 heavy (non-hydrogen) atoms. The van der Waals surface area contributed by atoms with Crippen molar-refractivity contribution < 1.29 is 32.5 Å². The van der Waals surface area contributed by atoms with Crippen molar-refractivity contribution in [2.75, 3.05) is 0 Å². The van der Waals surface area contributed by atoms with Crippen LogP contribution in [-0.2, 0) is 35.3 Å². The normalized spacial score (nSPS) is 10.5. The first-order valence-corrected chi connectivity index (χ1v) is 17.7. The zero-order valence-electron chi connectivity index (χ0n) is 20.8. The van der Waals surface area contributed by atoms with Gasteiger partial charge < -0.3 is 10.0 Å². The first-order valence-electron chi connectivity index (χ1n) is 11.0. The van der Waals surface area contributed by atoms with E-state index in [1.54, 1.807) is 18.2 Å². The van der Waals surface area contributed by atoms with Gasteiger partial charge in [-0.1, -0.05) is 30.7 Å². The molecular formula is C24H33BO8Pb. The molecule has 2 aromatic rings. The summed E-state index contributed by atoms with van der Waals surface area (Å²) in [4.78, 5) is 34.5. The molecule has 8 nitrogen and oxygen atoms in total. The van der Waals surface area contributed by atoms with Crippen LogP contribution < -0.4 is 8.59 Å².